The van der Waals surface area contributed by atoms with Crippen LogP contribution in [0.5, 0.6) is 5.75 Å². The highest BCUT2D eigenvalue weighted by Gasteiger charge is 2.33. The van der Waals surface area contributed by atoms with Crippen molar-refractivity contribution in [3.63, 3.8) is 0 Å². The van der Waals surface area contributed by atoms with Gasteiger partial charge in [0.1, 0.15) is 5.75 Å². The molecule has 48 heavy (non-hydrogen) atoms. The molecule has 1 atom stereocenters. The van der Waals surface area contributed by atoms with E-state index in [2.05, 4.69) is 46.8 Å². The van der Waals surface area contributed by atoms with Gasteiger partial charge in [-0.25, -0.2) is 0 Å². The van der Waals surface area contributed by atoms with Crippen molar-refractivity contribution in [2.24, 2.45) is 0 Å². The summed E-state index contributed by atoms with van der Waals surface area (Å²) in [6, 6.07) is 31.2. The van der Waals surface area contributed by atoms with Crippen LogP contribution < -0.4 is 16.2 Å². The van der Waals surface area contributed by atoms with Crippen molar-refractivity contribution in [1.29, 1.82) is 0 Å². The van der Waals surface area contributed by atoms with E-state index in [1.54, 1.807) is 36.4 Å². The van der Waals surface area contributed by atoms with Crippen LogP contribution >= 0.6 is 0 Å². The number of nitrogens with zero attached hydrogens (tertiary/aromatic N) is 1. The van der Waals surface area contributed by atoms with E-state index in [9.17, 15) is 24.6 Å². The van der Waals surface area contributed by atoms with Gasteiger partial charge in [-0.2, -0.15) is 0 Å². The number of pyridine rings is 1. The van der Waals surface area contributed by atoms with Gasteiger partial charge in [0.15, 0.2) is 0 Å². The lowest BCUT2D eigenvalue weighted by Crippen LogP contribution is -2.43. The molecule has 1 aliphatic heterocycles. The van der Waals surface area contributed by atoms with Crippen molar-refractivity contribution in [3.8, 4) is 5.75 Å². The number of fused-ring (bicyclic) bond motifs is 1. The summed E-state index contributed by atoms with van der Waals surface area (Å²) in [5.41, 5.74) is 4.99. The van der Waals surface area contributed by atoms with Gasteiger partial charge < -0.3 is 30.7 Å². The Morgan fingerprint density at radius 1 is 0.833 bits per heavy atom. The average molecular weight is 645 g/mol. The zero-order valence-corrected chi connectivity index (χ0v) is 26.9. The van der Waals surface area contributed by atoms with Gasteiger partial charge in [-0.3, -0.25) is 14.4 Å². The summed E-state index contributed by atoms with van der Waals surface area (Å²) in [5.74, 6) is -0.267. The molecule has 246 valence electrons. The number of hydrogen-bond acceptors (Lipinski definition) is 6. The number of aromatic amines is 1. The number of amides is 2. The van der Waals surface area contributed by atoms with Gasteiger partial charge >= 0.3 is 0 Å². The minimum Gasteiger partial charge on any atom is -0.506 e. The van der Waals surface area contributed by atoms with Gasteiger partial charge in [-0.05, 0) is 76.9 Å². The molecule has 9 heteroatoms. The highest BCUT2D eigenvalue weighted by atomic mass is 16.3. The number of H-pyrrole nitrogens is 1. The summed E-state index contributed by atoms with van der Waals surface area (Å²) < 4.78 is 0. The predicted molar refractivity (Wildman–Crippen MR) is 186 cm³/mol. The molecule has 1 saturated heterocycles. The van der Waals surface area contributed by atoms with E-state index < -0.39 is 6.10 Å². The normalized spacial score (nSPS) is 14.8. The lowest BCUT2D eigenvalue weighted by atomic mass is 9.74. The largest absolute Gasteiger partial charge is 0.506 e. The second-order valence-corrected chi connectivity index (χ2v) is 12.7. The topological polar surface area (TPSA) is 135 Å². The molecule has 1 fully saturated rings. The van der Waals surface area contributed by atoms with Crippen LogP contribution in [0.25, 0.3) is 10.9 Å². The second-order valence-electron chi connectivity index (χ2n) is 12.7. The lowest BCUT2D eigenvalue weighted by molar-refractivity contribution is 0.0675. The summed E-state index contributed by atoms with van der Waals surface area (Å²) in [5, 5.41) is 27.6. The minimum atomic E-state index is -0.846. The quantitative estimate of drug-likeness (QED) is 0.142. The predicted octanol–water partition coefficient (Wildman–Crippen LogP) is 5.18. The Hall–Kier alpha value is -5.25. The summed E-state index contributed by atoms with van der Waals surface area (Å²) >= 11 is 0. The van der Waals surface area contributed by atoms with Crippen LogP contribution in [0.15, 0.2) is 108 Å². The van der Waals surface area contributed by atoms with E-state index in [1.165, 1.54) is 17.7 Å². The molecule has 0 bridgehead atoms. The first kappa shape index (κ1) is 32.7. The number of likely N-dealkylation sites (tertiary alicyclic amines) is 1. The number of aliphatic hydroxyl groups is 1. The molecule has 0 aliphatic carbocycles. The van der Waals surface area contributed by atoms with E-state index in [1.807, 2.05) is 35.2 Å². The number of phenols is 1. The fourth-order valence-corrected chi connectivity index (χ4v) is 6.35. The zero-order valence-electron chi connectivity index (χ0n) is 26.9. The van der Waals surface area contributed by atoms with E-state index in [0.717, 1.165) is 24.0 Å². The summed E-state index contributed by atoms with van der Waals surface area (Å²) in [6.07, 6.45) is 0.974. The SMILES string of the molecule is CC1(c2ccccc2)CCN(C(=O)c2ccc(C(=O)NCc3ccc(CNCC(O)c4ccc(O)c5[nH]c(=O)ccc45)cc3)cc2)CC1. The van der Waals surface area contributed by atoms with Crippen LogP contribution in [0.2, 0.25) is 0 Å². The summed E-state index contributed by atoms with van der Waals surface area (Å²) in [6.45, 7) is 4.81. The third kappa shape index (κ3) is 7.33. The maximum Gasteiger partial charge on any atom is 0.253 e. The number of nitrogens with one attached hydrogen (secondary N) is 3. The van der Waals surface area contributed by atoms with Crippen LogP contribution in [-0.2, 0) is 18.5 Å². The molecule has 1 unspecified atom stereocenters. The third-order valence-corrected chi connectivity index (χ3v) is 9.43. The number of aromatic hydroxyl groups is 1. The van der Waals surface area contributed by atoms with Gasteiger partial charge in [0, 0.05) is 55.3 Å². The molecule has 9 nitrogen and oxygen atoms in total. The molecule has 0 spiro atoms. The lowest BCUT2D eigenvalue weighted by Gasteiger charge is -2.40. The van der Waals surface area contributed by atoms with E-state index in [0.29, 0.717) is 53.8 Å². The molecule has 0 saturated carbocycles. The van der Waals surface area contributed by atoms with Crippen LogP contribution in [0.1, 0.15) is 68.8 Å². The van der Waals surface area contributed by atoms with Crippen molar-refractivity contribution in [1.82, 2.24) is 20.5 Å². The number of aromatic nitrogens is 1. The Morgan fingerprint density at radius 3 is 2.17 bits per heavy atom. The molecule has 1 aliphatic rings. The number of hydrogen-bond donors (Lipinski definition) is 5. The van der Waals surface area contributed by atoms with E-state index >= 15 is 0 Å². The fourth-order valence-electron chi connectivity index (χ4n) is 6.35. The Labute approximate surface area is 279 Å². The standard InChI is InChI=1S/C39H40N4O5/c1-39(30-5-3-2-4-6-30)19-21-43(22-20-39)38(48)29-13-11-28(12-14-29)37(47)41-24-27-9-7-26(8-10-27)23-40-25-34(45)31-15-17-33(44)36-32(31)16-18-35(46)42-36/h2-18,34,40,44-45H,19-25H2,1H3,(H,41,47)(H,42,46). The van der Waals surface area contributed by atoms with Crippen LogP contribution in [0.4, 0.5) is 0 Å². The van der Waals surface area contributed by atoms with Crippen molar-refractivity contribution in [2.45, 2.75) is 44.4 Å². The zero-order chi connectivity index (χ0) is 33.7. The molecule has 5 N–H and O–H groups in total. The van der Waals surface area contributed by atoms with Gasteiger partial charge in [-0.15, -0.1) is 0 Å². The Morgan fingerprint density at radius 2 is 1.48 bits per heavy atom. The molecular formula is C39H40N4O5. The van der Waals surface area contributed by atoms with E-state index in [-0.39, 0.29) is 35.1 Å². The van der Waals surface area contributed by atoms with Gasteiger partial charge in [0.05, 0.1) is 11.6 Å². The number of phenolic OH excluding ortho intramolecular Hbond substituents is 1. The monoisotopic (exact) mass is 644 g/mol. The summed E-state index contributed by atoms with van der Waals surface area (Å²) in [7, 11) is 0. The average Bonchev–Trinajstić information content (AvgIpc) is 3.12. The van der Waals surface area contributed by atoms with Crippen molar-refractivity contribution in [3.05, 3.63) is 147 Å². The van der Waals surface area contributed by atoms with Gasteiger partial charge in [0.25, 0.3) is 11.8 Å². The molecule has 2 amide bonds. The maximum absolute atomic E-state index is 13.2. The van der Waals surface area contributed by atoms with Crippen LogP contribution in [0.3, 0.4) is 0 Å². The molecule has 4 aromatic carbocycles. The van der Waals surface area contributed by atoms with Gasteiger partial charge in [0.2, 0.25) is 5.56 Å². The fraction of sp³-hybridized carbons (Fsp3) is 0.256. The molecule has 6 rings (SSSR count). The van der Waals surface area contributed by atoms with Crippen LogP contribution in [0, 0.1) is 0 Å². The number of carbonyl (C=O) groups excluding carboxylic acids is 2. The minimum absolute atomic E-state index is 0.00688. The molecule has 1 aromatic heterocycles. The smallest absolute Gasteiger partial charge is 0.253 e. The number of aliphatic hydroxyl groups excluding tert-OH is 1. The highest BCUT2D eigenvalue weighted by molar-refractivity contribution is 5.98. The number of piperidine rings is 1. The Kier molecular flexibility index (Phi) is 9.70. The number of rotatable bonds is 10. The Bertz CT molecular complexity index is 1950. The van der Waals surface area contributed by atoms with Crippen molar-refractivity contribution < 1.29 is 19.8 Å². The Balaban J connectivity index is 0.954. The number of carbonyl (C=O) groups is 2. The molecule has 2 heterocycles. The van der Waals surface area contributed by atoms with Crippen LogP contribution in [-0.4, -0.2) is 51.5 Å². The second kappa shape index (κ2) is 14.3. The molecule has 0 radical (unpaired) electrons. The first-order chi connectivity index (χ1) is 23.2. The van der Waals surface area contributed by atoms with E-state index in [4.69, 9.17) is 0 Å². The maximum atomic E-state index is 13.2. The third-order valence-electron chi connectivity index (χ3n) is 9.43. The van der Waals surface area contributed by atoms with Gasteiger partial charge in [-0.1, -0.05) is 67.6 Å². The first-order valence-corrected chi connectivity index (χ1v) is 16.2. The highest BCUT2D eigenvalue weighted by Crippen LogP contribution is 2.35. The van der Waals surface area contributed by atoms with Crippen molar-refractivity contribution >= 4 is 22.7 Å². The number of benzene rings is 4. The summed E-state index contributed by atoms with van der Waals surface area (Å²) in [4.78, 5) is 42.2. The molecule has 5 aromatic rings. The first-order valence-electron chi connectivity index (χ1n) is 16.2. The molecular weight excluding hydrogens is 604 g/mol. The van der Waals surface area contributed by atoms with Crippen molar-refractivity contribution in [2.75, 3.05) is 19.6 Å².